The molecule has 0 aliphatic carbocycles. The van der Waals surface area contributed by atoms with Crippen LogP contribution >= 0.6 is 11.6 Å². The molecule has 0 unspecified atom stereocenters. The van der Waals surface area contributed by atoms with Gasteiger partial charge in [-0.05, 0) is 36.4 Å². The lowest BCUT2D eigenvalue weighted by atomic mass is 10.2. The molecule has 1 heterocycles. The zero-order chi connectivity index (χ0) is 18.9. The minimum atomic E-state index is -3.45. The van der Waals surface area contributed by atoms with Gasteiger partial charge in [-0.15, -0.1) is 0 Å². The number of nitrogens with one attached hydrogen (secondary N) is 2. The molecule has 2 aromatic carbocycles. The number of sulfonamides is 1. The second kappa shape index (κ2) is 6.89. The van der Waals surface area contributed by atoms with Crippen LogP contribution in [0, 0.1) is 0 Å². The molecule has 1 aromatic heterocycles. The molecule has 3 aromatic rings. The number of furan rings is 1. The number of hydrogen-bond acceptors (Lipinski definition) is 5. The first kappa shape index (κ1) is 18.1. The number of methoxy groups -OCH3 is 1. The fourth-order valence-electron chi connectivity index (χ4n) is 2.37. The fraction of sp³-hybridized carbons (Fsp3) is 0.118. The van der Waals surface area contributed by atoms with E-state index in [-0.39, 0.29) is 17.2 Å². The van der Waals surface area contributed by atoms with Crippen LogP contribution in [0.2, 0.25) is 5.02 Å². The molecule has 0 spiro atoms. The van der Waals surface area contributed by atoms with Crippen molar-refractivity contribution < 1.29 is 22.4 Å². The van der Waals surface area contributed by atoms with E-state index in [4.69, 9.17) is 20.8 Å². The van der Waals surface area contributed by atoms with Gasteiger partial charge in [0.1, 0.15) is 11.3 Å². The maximum absolute atomic E-state index is 12.4. The van der Waals surface area contributed by atoms with Gasteiger partial charge in [0.25, 0.3) is 5.91 Å². The zero-order valence-corrected chi connectivity index (χ0v) is 15.4. The van der Waals surface area contributed by atoms with E-state index in [2.05, 4.69) is 10.0 Å². The smallest absolute Gasteiger partial charge is 0.291 e. The summed E-state index contributed by atoms with van der Waals surface area (Å²) in [5, 5.41) is 3.94. The molecule has 2 N–H and O–H groups in total. The number of anilines is 2. The lowest BCUT2D eigenvalue weighted by Crippen LogP contribution is -2.12. The quantitative estimate of drug-likeness (QED) is 0.687. The average Bonchev–Trinajstić information content (AvgIpc) is 2.98. The normalized spacial score (nSPS) is 11.3. The number of fused-ring (bicyclic) bond motifs is 1. The van der Waals surface area contributed by atoms with E-state index in [0.717, 1.165) is 6.26 Å². The zero-order valence-electron chi connectivity index (χ0n) is 13.9. The van der Waals surface area contributed by atoms with Crippen molar-refractivity contribution in [2.45, 2.75) is 0 Å². The molecule has 0 saturated heterocycles. The van der Waals surface area contributed by atoms with Crippen LogP contribution in [0.5, 0.6) is 5.75 Å². The maximum Gasteiger partial charge on any atom is 0.291 e. The molecule has 0 aliphatic rings. The van der Waals surface area contributed by atoms with Gasteiger partial charge in [-0.2, -0.15) is 0 Å². The fourth-order valence-corrected chi connectivity index (χ4v) is 3.12. The molecule has 1 amide bonds. The monoisotopic (exact) mass is 394 g/mol. The van der Waals surface area contributed by atoms with Gasteiger partial charge in [0.15, 0.2) is 5.76 Å². The van der Waals surface area contributed by atoms with E-state index >= 15 is 0 Å². The Morgan fingerprint density at radius 1 is 1.15 bits per heavy atom. The minimum Gasteiger partial charge on any atom is -0.494 e. The van der Waals surface area contributed by atoms with E-state index in [1.54, 1.807) is 30.3 Å². The van der Waals surface area contributed by atoms with E-state index in [9.17, 15) is 13.2 Å². The molecular weight excluding hydrogens is 380 g/mol. The van der Waals surface area contributed by atoms with Gasteiger partial charge in [0, 0.05) is 22.2 Å². The van der Waals surface area contributed by atoms with Crippen molar-refractivity contribution in [3.05, 3.63) is 53.2 Å². The third-order valence-electron chi connectivity index (χ3n) is 3.46. The molecule has 0 saturated carbocycles. The Labute approximate surface area is 154 Å². The SMILES string of the molecule is COc1cc(NC(=O)c2cc3cc(Cl)ccc3o2)ccc1NS(C)(=O)=O. The first-order valence-corrected chi connectivity index (χ1v) is 9.68. The van der Waals surface area contributed by atoms with Crippen molar-refractivity contribution in [2.75, 3.05) is 23.4 Å². The van der Waals surface area contributed by atoms with Crippen LogP contribution in [0.3, 0.4) is 0 Å². The summed E-state index contributed by atoms with van der Waals surface area (Å²) < 4.78 is 35.7. The predicted octanol–water partition coefficient (Wildman–Crippen LogP) is 3.72. The molecular formula is C17H15ClN2O5S. The lowest BCUT2D eigenvalue weighted by molar-refractivity contribution is 0.0998. The third-order valence-corrected chi connectivity index (χ3v) is 4.28. The Bertz CT molecular complexity index is 1090. The number of carbonyl (C=O) groups is 1. The summed E-state index contributed by atoms with van der Waals surface area (Å²) in [5.74, 6) is -0.0626. The highest BCUT2D eigenvalue weighted by Gasteiger charge is 2.15. The molecule has 9 heteroatoms. The van der Waals surface area contributed by atoms with Crippen molar-refractivity contribution in [2.24, 2.45) is 0 Å². The van der Waals surface area contributed by atoms with Gasteiger partial charge in [-0.25, -0.2) is 8.42 Å². The molecule has 0 radical (unpaired) electrons. The Morgan fingerprint density at radius 3 is 2.62 bits per heavy atom. The molecule has 7 nitrogen and oxygen atoms in total. The number of ether oxygens (including phenoxy) is 1. The predicted molar refractivity (Wildman–Crippen MR) is 101 cm³/mol. The van der Waals surface area contributed by atoms with E-state index < -0.39 is 15.9 Å². The molecule has 0 fully saturated rings. The van der Waals surface area contributed by atoms with Crippen LogP contribution in [0.4, 0.5) is 11.4 Å². The van der Waals surface area contributed by atoms with Crippen molar-refractivity contribution in [3.8, 4) is 5.75 Å². The van der Waals surface area contributed by atoms with Gasteiger partial charge < -0.3 is 14.5 Å². The highest BCUT2D eigenvalue weighted by atomic mass is 35.5. The van der Waals surface area contributed by atoms with E-state index in [0.29, 0.717) is 21.7 Å². The summed E-state index contributed by atoms with van der Waals surface area (Å²) in [6.45, 7) is 0. The van der Waals surface area contributed by atoms with Crippen LogP contribution in [0.25, 0.3) is 11.0 Å². The van der Waals surface area contributed by atoms with Gasteiger partial charge in [-0.1, -0.05) is 11.6 Å². The largest absolute Gasteiger partial charge is 0.494 e. The topological polar surface area (TPSA) is 97.6 Å². The number of rotatable bonds is 5. The standard InChI is InChI=1S/C17H15ClN2O5S/c1-24-15-9-12(4-5-13(15)20-26(2,22)23)19-17(21)16-8-10-7-11(18)3-6-14(10)25-16/h3-9,20H,1-2H3,(H,19,21). The van der Waals surface area contributed by atoms with Crippen molar-refractivity contribution >= 4 is 49.9 Å². The summed E-state index contributed by atoms with van der Waals surface area (Å²) in [7, 11) is -2.05. The number of hydrogen-bond donors (Lipinski definition) is 2. The van der Waals surface area contributed by atoms with Crippen LogP contribution in [-0.2, 0) is 10.0 Å². The number of benzene rings is 2. The minimum absolute atomic E-state index is 0.125. The van der Waals surface area contributed by atoms with Crippen molar-refractivity contribution in [3.63, 3.8) is 0 Å². The molecule has 136 valence electrons. The molecule has 0 aliphatic heterocycles. The summed E-state index contributed by atoms with van der Waals surface area (Å²) in [6.07, 6.45) is 1.04. The maximum atomic E-state index is 12.4. The highest BCUT2D eigenvalue weighted by Crippen LogP contribution is 2.29. The lowest BCUT2D eigenvalue weighted by Gasteiger charge is -2.11. The molecule has 26 heavy (non-hydrogen) atoms. The van der Waals surface area contributed by atoms with Crippen LogP contribution < -0.4 is 14.8 Å². The van der Waals surface area contributed by atoms with E-state index in [1.807, 2.05) is 0 Å². The first-order valence-electron chi connectivity index (χ1n) is 7.41. The van der Waals surface area contributed by atoms with Crippen LogP contribution in [-0.4, -0.2) is 27.7 Å². The first-order chi connectivity index (χ1) is 12.2. The van der Waals surface area contributed by atoms with Crippen LogP contribution in [0.1, 0.15) is 10.6 Å². The van der Waals surface area contributed by atoms with E-state index in [1.165, 1.54) is 19.2 Å². The highest BCUT2D eigenvalue weighted by molar-refractivity contribution is 7.92. The summed E-state index contributed by atoms with van der Waals surface area (Å²) >= 11 is 5.93. The second-order valence-electron chi connectivity index (χ2n) is 5.54. The molecule has 3 rings (SSSR count). The van der Waals surface area contributed by atoms with Gasteiger partial charge in [-0.3, -0.25) is 9.52 Å². The second-order valence-corrected chi connectivity index (χ2v) is 7.72. The van der Waals surface area contributed by atoms with Crippen LogP contribution in [0.15, 0.2) is 46.9 Å². The number of carbonyl (C=O) groups excluding carboxylic acids is 1. The summed E-state index contributed by atoms with van der Waals surface area (Å²) in [4.78, 5) is 12.4. The Balaban J connectivity index is 1.84. The van der Waals surface area contributed by atoms with Crippen molar-refractivity contribution in [1.82, 2.24) is 0 Å². The average molecular weight is 395 g/mol. The number of halogens is 1. The van der Waals surface area contributed by atoms with Gasteiger partial charge in [0.05, 0.1) is 19.1 Å². The molecule has 0 bridgehead atoms. The number of amides is 1. The van der Waals surface area contributed by atoms with Crippen molar-refractivity contribution in [1.29, 1.82) is 0 Å². The van der Waals surface area contributed by atoms with Gasteiger partial charge in [0.2, 0.25) is 10.0 Å². The Hall–Kier alpha value is -2.71. The Morgan fingerprint density at radius 2 is 1.92 bits per heavy atom. The summed E-state index contributed by atoms with van der Waals surface area (Å²) in [5.41, 5.74) is 1.24. The summed E-state index contributed by atoms with van der Waals surface area (Å²) in [6, 6.07) is 11.2. The Kier molecular flexibility index (Phi) is 4.80. The van der Waals surface area contributed by atoms with Gasteiger partial charge >= 0.3 is 0 Å². The molecule has 0 atom stereocenters. The third kappa shape index (κ3) is 4.09.